The van der Waals surface area contributed by atoms with E-state index >= 15 is 0 Å². The van der Waals surface area contributed by atoms with Crippen LogP contribution in [0.5, 0.6) is 5.75 Å². The minimum atomic E-state index is 0.366. The lowest BCUT2D eigenvalue weighted by Crippen LogP contribution is -2.00. The highest BCUT2D eigenvalue weighted by molar-refractivity contribution is 5.79. The summed E-state index contributed by atoms with van der Waals surface area (Å²) in [6.07, 6.45) is 2.66. The van der Waals surface area contributed by atoms with Crippen LogP contribution in [0.2, 0.25) is 0 Å². The van der Waals surface area contributed by atoms with Crippen LogP contribution in [0.15, 0.2) is 30.5 Å². The number of carbonyl (C=O) groups excluding carboxylic acids is 1. The largest absolute Gasteiger partial charge is 0.486 e. The van der Waals surface area contributed by atoms with E-state index in [9.17, 15) is 4.79 Å². The average Bonchev–Trinajstić information content (AvgIpc) is 2.73. The second-order valence-corrected chi connectivity index (χ2v) is 3.93. The van der Waals surface area contributed by atoms with Crippen molar-refractivity contribution < 1.29 is 9.53 Å². The molecule has 0 N–H and O–H groups in total. The highest BCUT2D eigenvalue weighted by atomic mass is 16.5. The molecule has 0 spiro atoms. The quantitative estimate of drug-likeness (QED) is 0.756. The first-order valence-corrected chi connectivity index (χ1v) is 5.36. The Balaban J connectivity index is 2.11. The molecule has 4 nitrogen and oxygen atoms in total. The van der Waals surface area contributed by atoms with Gasteiger partial charge in [-0.2, -0.15) is 5.10 Å². The summed E-state index contributed by atoms with van der Waals surface area (Å²) in [6.45, 7) is 2.31. The van der Waals surface area contributed by atoms with Crippen LogP contribution in [-0.4, -0.2) is 16.1 Å². The lowest BCUT2D eigenvalue weighted by atomic mass is 10.1. The van der Waals surface area contributed by atoms with Crippen LogP contribution in [0.3, 0.4) is 0 Å². The predicted molar refractivity (Wildman–Crippen MR) is 64.1 cm³/mol. The van der Waals surface area contributed by atoms with Crippen LogP contribution in [0.25, 0.3) is 0 Å². The van der Waals surface area contributed by atoms with Gasteiger partial charge in [0.05, 0.1) is 11.3 Å². The molecule has 1 aromatic heterocycles. The van der Waals surface area contributed by atoms with Gasteiger partial charge in [-0.05, 0) is 25.1 Å². The fourth-order valence-corrected chi connectivity index (χ4v) is 1.58. The molecule has 0 saturated heterocycles. The number of rotatable bonds is 4. The molecule has 4 heteroatoms. The van der Waals surface area contributed by atoms with Crippen molar-refractivity contribution in [2.45, 2.75) is 13.5 Å². The second kappa shape index (κ2) is 4.82. The van der Waals surface area contributed by atoms with Crippen LogP contribution in [0.1, 0.15) is 21.6 Å². The summed E-state index contributed by atoms with van der Waals surface area (Å²) in [5, 5.41) is 4.20. The Bertz CT molecular complexity index is 532. The highest BCUT2D eigenvalue weighted by Crippen LogP contribution is 2.19. The van der Waals surface area contributed by atoms with Gasteiger partial charge in [-0.1, -0.05) is 11.6 Å². The van der Waals surface area contributed by atoms with E-state index < -0.39 is 0 Å². The van der Waals surface area contributed by atoms with Gasteiger partial charge in [0.15, 0.2) is 6.29 Å². The number of aryl methyl sites for hydroxylation is 2. The number of aldehydes is 1. The third kappa shape index (κ3) is 2.72. The first-order chi connectivity index (χ1) is 8.19. The van der Waals surface area contributed by atoms with E-state index in [0.717, 1.165) is 17.5 Å². The van der Waals surface area contributed by atoms with Crippen molar-refractivity contribution in [3.63, 3.8) is 0 Å². The summed E-state index contributed by atoms with van der Waals surface area (Å²) in [4.78, 5) is 10.9. The van der Waals surface area contributed by atoms with Crippen molar-refractivity contribution in [1.82, 2.24) is 9.78 Å². The van der Waals surface area contributed by atoms with E-state index in [1.807, 2.05) is 38.4 Å². The Morgan fingerprint density at radius 2 is 2.24 bits per heavy atom. The van der Waals surface area contributed by atoms with Gasteiger partial charge in [-0.15, -0.1) is 0 Å². The van der Waals surface area contributed by atoms with E-state index in [1.165, 1.54) is 0 Å². The van der Waals surface area contributed by atoms with Crippen molar-refractivity contribution in [2.24, 2.45) is 7.05 Å². The molecule has 2 aromatic rings. The van der Waals surface area contributed by atoms with Crippen molar-refractivity contribution in [3.8, 4) is 5.75 Å². The Morgan fingerprint density at radius 1 is 1.41 bits per heavy atom. The van der Waals surface area contributed by atoms with Crippen molar-refractivity contribution in [2.75, 3.05) is 0 Å². The number of nitrogens with zero attached hydrogens (tertiary/aromatic N) is 2. The van der Waals surface area contributed by atoms with E-state index in [2.05, 4.69) is 5.10 Å². The molecule has 0 atom stereocenters. The smallest absolute Gasteiger partial charge is 0.153 e. The standard InChI is InChI=1S/C13H14N2O2/c1-10-3-4-13(11(7-10)8-16)17-9-12-5-6-15(2)14-12/h3-8H,9H2,1-2H3. The zero-order valence-corrected chi connectivity index (χ0v) is 9.88. The monoisotopic (exact) mass is 230 g/mol. The Morgan fingerprint density at radius 3 is 2.88 bits per heavy atom. The summed E-state index contributed by atoms with van der Waals surface area (Å²) in [7, 11) is 1.85. The minimum absolute atomic E-state index is 0.366. The SMILES string of the molecule is Cc1ccc(OCc2ccn(C)n2)c(C=O)c1. The number of ether oxygens (including phenoxy) is 1. The molecular formula is C13H14N2O2. The van der Waals surface area contributed by atoms with Crippen LogP contribution in [0.4, 0.5) is 0 Å². The van der Waals surface area contributed by atoms with E-state index in [0.29, 0.717) is 17.9 Å². The molecule has 1 aromatic carbocycles. The van der Waals surface area contributed by atoms with Gasteiger partial charge < -0.3 is 4.74 Å². The first-order valence-electron chi connectivity index (χ1n) is 5.36. The lowest BCUT2D eigenvalue weighted by Gasteiger charge is -2.07. The number of hydrogen-bond acceptors (Lipinski definition) is 3. The Kier molecular flexibility index (Phi) is 3.23. The third-order valence-electron chi connectivity index (χ3n) is 2.44. The van der Waals surface area contributed by atoms with E-state index in [1.54, 1.807) is 10.7 Å². The second-order valence-electron chi connectivity index (χ2n) is 3.93. The molecule has 1 heterocycles. The van der Waals surface area contributed by atoms with Crippen LogP contribution in [0, 0.1) is 6.92 Å². The third-order valence-corrected chi connectivity index (χ3v) is 2.44. The summed E-state index contributed by atoms with van der Waals surface area (Å²) in [5.74, 6) is 0.594. The first kappa shape index (κ1) is 11.4. The Labute approximate surface area is 99.8 Å². The number of carbonyl (C=O) groups is 1. The molecule has 0 aliphatic heterocycles. The van der Waals surface area contributed by atoms with Gasteiger partial charge in [0.1, 0.15) is 12.4 Å². The maximum absolute atomic E-state index is 10.9. The van der Waals surface area contributed by atoms with Gasteiger partial charge in [-0.3, -0.25) is 9.48 Å². The molecule has 0 amide bonds. The molecular weight excluding hydrogens is 216 g/mol. The van der Waals surface area contributed by atoms with Crippen molar-refractivity contribution in [3.05, 3.63) is 47.3 Å². The van der Waals surface area contributed by atoms with Gasteiger partial charge in [0.2, 0.25) is 0 Å². The van der Waals surface area contributed by atoms with Gasteiger partial charge >= 0.3 is 0 Å². The molecule has 17 heavy (non-hydrogen) atoms. The summed E-state index contributed by atoms with van der Waals surface area (Å²) >= 11 is 0. The fourth-order valence-electron chi connectivity index (χ4n) is 1.58. The van der Waals surface area contributed by atoms with Gasteiger partial charge in [-0.25, -0.2) is 0 Å². The summed E-state index contributed by atoms with van der Waals surface area (Å²) in [5.41, 5.74) is 2.45. The Hall–Kier alpha value is -2.10. The number of hydrogen-bond donors (Lipinski definition) is 0. The molecule has 2 rings (SSSR count). The zero-order chi connectivity index (χ0) is 12.3. The summed E-state index contributed by atoms with van der Waals surface area (Å²) in [6, 6.07) is 7.41. The molecule has 88 valence electrons. The normalized spacial score (nSPS) is 10.2. The maximum atomic E-state index is 10.9. The highest BCUT2D eigenvalue weighted by Gasteiger charge is 2.04. The van der Waals surface area contributed by atoms with Crippen molar-refractivity contribution in [1.29, 1.82) is 0 Å². The fraction of sp³-hybridized carbons (Fsp3) is 0.231. The van der Waals surface area contributed by atoms with Gasteiger partial charge in [0, 0.05) is 13.2 Å². The van der Waals surface area contributed by atoms with Crippen LogP contribution >= 0.6 is 0 Å². The zero-order valence-electron chi connectivity index (χ0n) is 9.88. The van der Waals surface area contributed by atoms with Crippen LogP contribution < -0.4 is 4.74 Å². The predicted octanol–water partition coefficient (Wildman–Crippen LogP) is 2.12. The molecule has 0 bridgehead atoms. The average molecular weight is 230 g/mol. The molecule has 0 aliphatic rings. The van der Waals surface area contributed by atoms with Gasteiger partial charge in [0.25, 0.3) is 0 Å². The molecule has 0 fully saturated rings. The molecule has 0 saturated carbocycles. The number of aromatic nitrogens is 2. The number of benzene rings is 1. The minimum Gasteiger partial charge on any atom is -0.486 e. The van der Waals surface area contributed by atoms with E-state index in [-0.39, 0.29) is 0 Å². The topological polar surface area (TPSA) is 44.1 Å². The molecule has 0 aliphatic carbocycles. The van der Waals surface area contributed by atoms with Crippen molar-refractivity contribution >= 4 is 6.29 Å². The molecule has 0 unspecified atom stereocenters. The molecule has 0 radical (unpaired) electrons. The summed E-state index contributed by atoms with van der Waals surface area (Å²) < 4.78 is 7.29. The van der Waals surface area contributed by atoms with E-state index in [4.69, 9.17) is 4.74 Å². The lowest BCUT2D eigenvalue weighted by molar-refractivity contribution is 0.111. The maximum Gasteiger partial charge on any atom is 0.153 e. The van der Waals surface area contributed by atoms with Crippen LogP contribution in [-0.2, 0) is 13.7 Å².